The van der Waals surface area contributed by atoms with Crippen LogP contribution in [-0.4, -0.2) is 83.4 Å². The average molecular weight is 692 g/mol. The van der Waals surface area contributed by atoms with Gasteiger partial charge in [-0.05, 0) is 52.2 Å². The largest absolute Gasteiger partial charge is 0.465 e. The zero-order valence-electron chi connectivity index (χ0n) is 29.1. The van der Waals surface area contributed by atoms with Crippen molar-refractivity contribution in [1.82, 2.24) is 24.7 Å². The van der Waals surface area contributed by atoms with Crippen molar-refractivity contribution in [1.29, 1.82) is 5.26 Å². The highest BCUT2D eigenvalue weighted by Crippen LogP contribution is 2.35. The second-order valence-corrected chi connectivity index (χ2v) is 12.9. The van der Waals surface area contributed by atoms with Gasteiger partial charge >= 0.3 is 5.97 Å². The Kier molecular flexibility index (Phi) is 13.3. The van der Waals surface area contributed by atoms with Gasteiger partial charge in [-0.25, -0.2) is 9.67 Å². The van der Waals surface area contributed by atoms with Crippen LogP contribution in [0.15, 0.2) is 40.7 Å². The molecule has 0 aliphatic rings. The number of nitrogens with one attached hydrogen (secondary N) is 3. The first-order valence-corrected chi connectivity index (χ1v) is 17.1. The number of para-hydroxylation sites is 1. The molecule has 0 bridgehead atoms. The molecule has 3 N–H and O–H groups in total. The van der Waals surface area contributed by atoms with Crippen LogP contribution >= 0.6 is 11.3 Å². The Hall–Kier alpha value is -4.72. The summed E-state index contributed by atoms with van der Waals surface area (Å²) in [5.41, 5.74) is 0.851. The van der Waals surface area contributed by atoms with Crippen LogP contribution in [0.1, 0.15) is 59.4 Å². The maximum absolute atomic E-state index is 12.7. The second-order valence-electron chi connectivity index (χ2n) is 11.9. The van der Waals surface area contributed by atoms with Crippen molar-refractivity contribution in [3.63, 3.8) is 0 Å². The predicted molar refractivity (Wildman–Crippen MR) is 190 cm³/mol. The van der Waals surface area contributed by atoms with Gasteiger partial charge in [0.25, 0.3) is 0 Å². The van der Waals surface area contributed by atoms with E-state index in [0.29, 0.717) is 67.4 Å². The lowest BCUT2D eigenvalue weighted by molar-refractivity contribution is -0.155. The number of hydrogen-bond acceptors (Lipinski definition) is 15. The van der Waals surface area contributed by atoms with Crippen molar-refractivity contribution in [2.45, 2.75) is 66.0 Å². The second kappa shape index (κ2) is 17.6. The van der Waals surface area contributed by atoms with E-state index < -0.39 is 5.41 Å². The third kappa shape index (κ3) is 9.68. The molecular weight excluding hydrogens is 647 g/mol. The Morgan fingerprint density at radius 2 is 1.73 bits per heavy atom. The average Bonchev–Trinajstić information content (AvgIpc) is 3.71. The van der Waals surface area contributed by atoms with Crippen LogP contribution in [0.25, 0.3) is 15.3 Å². The molecule has 15 nitrogen and oxygen atoms in total. The summed E-state index contributed by atoms with van der Waals surface area (Å²) in [5, 5.41) is 33.9. The number of fused-ring (bicyclic) bond motifs is 1. The van der Waals surface area contributed by atoms with Crippen LogP contribution in [-0.2, 0) is 19.0 Å². The predicted octanol–water partition coefficient (Wildman–Crippen LogP) is 6.62. The minimum absolute atomic E-state index is 0.0925. The summed E-state index contributed by atoms with van der Waals surface area (Å²) in [4.78, 5) is 26.7. The fourth-order valence-corrected chi connectivity index (χ4v) is 5.60. The number of esters is 1. The van der Waals surface area contributed by atoms with Gasteiger partial charge in [-0.2, -0.15) is 15.2 Å². The van der Waals surface area contributed by atoms with Crippen molar-refractivity contribution < 1.29 is 19.0 Å². The molecule has 2 atom stereocenters. The van der Waals surface area contributed by atoms with E-state index in [4.69, 9.17) is 24.2 Å². The van der Waals surface area contributed by atoms with E-state index in [1.807, 2.05) is 58.9 Å². The van der Waals surface area contributed by atoms with E-state index in [-0.39, 0.29) is 36.0 Å². The number of nitrogens with zero attached hydrogens (tertiary/aromatic N) is 8. The first kappa shape index (κ1) is 37.1. The Bertz CT molecular complexity index is 1730. The van der Waals surface area contributed by atoms with Crippen LogP contribution in [0.5, 0.6) is 0 Å². The Morgan fingerprint density at radius 3 is 2.41 bits per heavy atom. The summed E-state index contributed by atoms with van der Waals surface area (Å²) in [6.45, 7) is 11.3. The molecule has 0 saturated carbocycles. The third-order valence-electron chi connectivity index (χ3n) is 7.91. The van der Waals surface area contributed by atoms with E-state index in [0.717, 1.165) is 10.2 Å². The van der Waals surface area contributed by atoms with Gasteiger partial charge in [-0.15, -0.1) is 15.3 Å². The molecule has 0 spiro atoms. The smallest absolute Gasteiger partial charge is 0.311 e. The number of aromatic nitrogens is 5. The molecule has 3 aromatic heterocycles. The number of anilines is 3. The molecule has 1 aromatic carbocycles. The summed E-state index contributed by atoms with van der Waals surface area (Å²) >= 11 is 1.45. The van der Waals surface area contributed by atoms with E-state index in [9.17, 15) is 10.1 Å². The first-order chi connectivity index (χ1) is 23.6. The van der Waals surface area contributed by atoms with Crippen molar-refractivity contribution >= 4 is 56.6 Å². The third-order valence-corrected chi connectivity index (χ3v) is 8.94. The number of carbonyl (C=O) groups excluding carboxylic acids is 1. The van der Waals surface area contributed by atoms with Crippen molar-refractivity contribution in [3.8, 4) is 11.2 Å². The molecule has 4 aromatic rings. The molecule has 49 heavy (non-hydrogen) atoms. The van der Waals surface area contributed by atoms with E-state index >= 15 is 0 Å². The highest BCUT2D eigenvalue weighted by Gasteiger charge is 2.30. The summed E-state index contributed by atoms with van der Waals surface area (Å²) < 4.78 is 18.8. The molecule has 3 heterocycles. The molecule has 0 amide bonds. The van der Waals surface area contributed by atoms with Gasteiger partial charge in [0.15, 0.2) is 17.3 Å². The minimum Gasteiger partial charge on any atom is -0.465 e. The summed E-state index contributed by atoms with van der Waals surface area (Å²) in [6, 6.07) is 9.67. The number of rotatable bonds is 19. The lowest BCUT2D eigenvalue weighted by Gasteiger charge is -2.24. The van der Waals surface area contributed by atoms with Gasteiger partial charge in [0.05, 0.1) is 41.6 Å². The Morgan fingerprint density at radius 1 is 1.04 bits per heavy atom. The van der Waals surface area contributed by atoms with E-state index in [1.54, 1.807) is 20.4 Å². The molecule has 0 fully saturated rings. The van der Waals surface area contributed by atoms with Crippen LogP contribution < -0.4 is 16.0 Å². The van der Waals surface area contributed by atoms with Crippen LogP contribution in [0.3, 0.4) is 0 Å². The number of thiazole rings is 1. The zero-order chi connectivity index (χ0) is 35.4. The van der Waals surface area contributed by atoms with Gasteiger partial charge < -0.3 is 30.2 Å². The van der Waals surface area contributed by atoms with Gasteiger partial charge in [0.2, 0.25) is 16.9 Å². The number of methoxy groups -OCH3 is 2. The summed E-state index contributed by atoms with van der Waals surface area (Å²) in [7, 11) is 3.24. The Labute approximate surface area is 290 Å². The molecule has 16 heteroatoms. The zero-order valence-corrected chi connectivity index (χ0v) is 29.9. The van der Waals surface area contributed by atoms with Crippen molar-refractivity contribution in [3.05, 3.63) is 36.0 Å². The van der Waals surface area contributed by atoms with Gasteiger partial charge in [0, 0.05) is 32.8 Å². The molecule has 0 radical (unpaired) electrons. The number of benzene rings is 1. The quantitative estimate of drug-likeness (QED) is 0.0543. The molecule has 2 unspecified atom stereocenters. The van der Waals surface area contributed by atoms with Crippen molar-refractivity contribution in [2.24, 2.45) is 15.6 Å². The SMILES string of the molecule is CCC(C)(CC)C(=O)OCCCNc1nc(NC(C)COC)nc(NC(C)COC)c1N=Nc1nn(-c2nc3ccccc3s2)cc1C#N. The minimum atomic E-state index is -0.505. The number of azo groups is 1. The van der Waals surface area contributed by atoms with E-state index in [2.05, 4.69) is 42.3 Å². The molecule has 4 rings (SSSR count). The maximum Gasteiger partial charge on any atom is 0.311 e. The number of carbonyl (C=O) groups is 1. The molecule has 0 saturated heterocycles. The lowest BCUT2D eigenvalue weighted by Crippen LogP contribution is -2.29. The fraction of sp³-hybridized carbons (Fsp3) is 0.515. The number of ether oxygens (including phenoxy) is 3. The van der Waals surface area contributed by atoms with Gasteiger partial charge in [-0.3, -0.25) is 4.79 Å². The molecule has 0 aliphatic heterocycles. The molecule has 0 aliphatic carbocycles. The highest BCUT2D eigenvalue weighted by atomic mass is 32.1. The van der Waals surface area contributed by atoms with Gasteiger partial charge in [-0.1, -0.05) is 37.3 Å². The normalized spacial score (nSPS) is 12.9. The van der Waals surface area contributed by atoms with Crippen molar-refractivity contribution in [2.75, 3.05) is 56.5 Å². The number of nitriles is 1. The summed E-state index contributed by atoms with van der Waals surface area (Å²) in [5.74, 6) is 1.01. The lowest BCUT2D eigenvalue weighted by atomic mass is 9.85. The Balaban J connectivity index is 1.66. The number of hydrogen-bond donors (Lipinski definition) is 3. The van der Waals surface area contributed by atoms with E-state index in [1.165, 1.54) is 16.0 Å². The van der Waals surface area contributed by atoms with Crippen LogP contribution in [0.4, 0.5) is 29.1 Å². The topological polar surface area (TPSA) is 186 Å². The molecular formula is C33H45N11O4S. The van der Waals surface area contributed by atoms with Gasteiger partial charge in [0.1, 0.15) is 11.6 Å². The maximum atomic E-state index is 12.7. The van der Waals surface area contributed by atoms with Crippen LogP contribution in [0, 0.1) is 16.7 Å². The fourth-order valence-electron chi connectivity index (χ4n) is 4.70. The monoisotopic (exact) mass is 691 g/mol. The standard InChI is InChI=1S/C33H45N11O4S/c1-8-33(5,9-2)30(45)48-16-12-15-35-28-26(29(36-21(3)19-46-6)40-31(39-28)37-22(4)20-47-7)41-42-27-23(17-34)18-44(43-27)32-38-24-13-10-11-14-25(24)49-32/h10-11,13-14,18,21-22H,8-9,12,15-16,19-20H2,1-7H3,(H3,35,36,37,39,40). The summed E-state index contributed by atoms with van der Waals surface area (Å²) in [6.07, 6.45) is 3.51. The highest BCUT2D eigenvalue weighted by molar-refractivity contribution is 7.20. The molecule has 262 valence electrons. The first-order valence-electron chi connectivity index (χ1n) is 16.3. The van der Waals surface area contributed by atoms with Crippen LogP contribution in [0.2, 0.25) is 0 Å².